The average molecular weight is 1120 g/mol. The Balaban J connectivity index is -0.00000128. The zero-order valence-corrected chi connectivity index (χ0v) is 54.0. The molecular weight excluding hydrogens is 1000 g/mol. The van der Waals surface area contributed by atoms with Crippen LogP contribution in [0.25, 0.3) is 5.57 Å². The molecule has 1 amide bonds. The first-order valence-electron chi connectivity index (χ1n) is 29.8. The van der Waals surface area contributed by atoms with E-state index in [1.165, 1.54) is 5.56 Å². The molecule has 6 N–H and O–H groups in total. The molecule has 15 heteroatoms. The molecule has 1 aromatic rings. The van der Waals surface area contributed by atoms with Gasteiger partial charge in [-0.1, -0.05) is 109 Å². The van der Waals surface area contributed by atoms with E-state index in [-0.39, 0.29) is 59.5 Å². The van der Waals surface area contributed by atoms with Crippen molar-refractivity contribution < 1.29 is 53.7 Å². The summed E-state index contributed by atoms with van der Waals surface area (Å²) in [4.78, 5) is 27.0. The number of allylic oxidation sites excluding steroid dienone is 1. The third kappa shape index (κ3) is 28.8. The Hall–Kier alpha value is -3.51. The SMILES string of the molecule is C=C(O)C1=CN(CC)c2ccc(CCCOCCNC=O)cc2C1=C.CC.CC.CCC(O)[C@H](O)[C@@H](C)C(=N)[C@H](C)CC(C)(CC)[C@@H](C[C@H](O[C@H](C)CC)C(C)C(C)=O)OC1CC(N(C)C)CC(C)O1.CO.CO[C@H](C)C(C)C. The molecule has 1 fully saturated rings. The van der Waals surface area contributed by atoms with E-state index in [0.717, 1.165) is 69.0 Å². The lowest BCUT2D eigenvalue weighted by molar-refractivity contribution is -0.247. The summed E-state index contributed by atoms with van der Waals surface area (Å²) in [5.74, 6) is -0.0965. The molecule has 15 nitrogen and oxygen atoms in total. The van der Waals surface area contributed by atoms with E-state index < -0.39 is 18.1 Å². The molecule has 3 rings (SSSR count). The van der Waals surface area contributed by atoms with Gasteiger partial charge in [0.1, 0.15) is 11.5 Å². The number of aliphatic hydroxyl groups is 4. The maximum atomic E-state index is 12.6. The van der Waals surface area contributed by atoms with Crippen LogP contribution in [0.3, 0.4) is 0 Å². The third-order valence-electron chi connectivity index (χ3n) is 15.3. The predicted molar refractivity (Wildman–Crippen MR) is 330 cm³/mol. The Labute approximate surface area is 482 Å². The van der Waals surface area contributed by atoms with E-state index in [2.05, 4.69) is 116 Å². The van der Waals surface area contributed by atoms with Gasteiger partial charge in [-0.2, -0.15) is 0 Å². The average Bonchev–Trinajstić information content (AvgIpc) is 3.44. The van der Waals surface area contributed by atoms with Crippen molar-refractivity contribution in [3.8, 4) is 0 Å². The fourth-order valence-electron chi connectivity index (χ4n) is 9.17. The van der Waals surface area contributed by atoms with Gasteiger partial charge in [0.25, 0.3) is 0 Å². The molecule has 6 unspecified atom stereocenters. The number of amides is 1. The number of carbonyl (C=O) groups is 2. The number of Topliss-reactive ketones (excluding diaryl/α,β-unsaturated/α-hetero) is 1. The predicted octanol–water partition coefficient (Wildman–Crippen LogP) is 12.4. The number of hydrogen-bond donors (Lipinski definition) is 6. The maximum absolute atomic E-state index is 12.6. The number of aryl methyl sites for hydroxylation is 1. The van der Waals surface area contributed by atoms with Gasteiger partial charge in [-0.15, -0.1) is 0 Å². The highest BCUT2D eigenvalue weighted by Crippen LogP contribution is 2.42. The highest BCUT2D eigenvalue weighted by Gasteiger charge is 2.43. The fourth-order valence-corrected chi connectivity index (χ4v) is 9.17. The number of aliphatic hydroxyl groups excluding tert-OH is 4. The summed E-state index contributed by atoms with van der Waals surface area (Å²) in [6, 6.07) is 6.70. The Morgan fingerprint density at radius 1 is 0.987 bits per heavy atom. The van der Waals surface area contributed by atoms with Crippen LogP contribution in [-0.4, -0.2) is 153 Å². The van der Waals surface area contributed by atoms with E-state index >= 15 is 0 Å². The molecule has 0 radical (unpaired) electrons. The molecule has 13 atom stereocenters. The fraction of sp³-hybridized carbons (Fsp3) is 0.766. The molecule has 0 aromatic heterocycles. The smallest absolute Gasteiger partial charge is 0.207 e. The van der Waals surface area contributed by atoms with Gasteiger partial charge in [0, 0.05) is 93.4 Å². The second-order valence-corrected chi connectivity index (χ2v) is 21.5. The largest absolute Gasteiger partial charge is 0.508 e. The normalized spacial score (nSPS) is 19.9. The summed E-state index contributed by atoms with van der Waals surface area (Å²) in [6.07, 6.45) is 7.06. The van der Waals surface area contributed by atoms with E-state index in [1.54, 1.807) is 14.0 Å². The van der Waals surface area contributed by atoms with Crippen LogP contribution >= 0.6 is 0 Å². The highest BCUT2D eigenvalue weighted by molar-refractivity contribution is 5.91. The van der Waals surface area contributed by atoms with Crippen molar-refractivity contribution in [1.82, 2.24) is 10.2 Å². The van der Waals surface area contributed by atoms with Crippen molar-refractivity contribution in [2.24, 2.45) is 29.1 Å². The van der Waals surface area contributed by atoms with Gasteiger partial charge in [-0.25, -0.2) is 0 Å². The Morgan fingerprint density at radius 3 is 2.06 bits per heavy atom. The van der Waals surface area contributed by atoms with Crippen molar-refractivity contribution >= 4 is 29.2 Å². The van der Waals surface area contributed by atoms with Gasteiger partial charge < -0.3 is 64.6 Å². The first-order valence-corrected chi connectivity index (χ1v) is 29.8. The van der Waals surface area contributed by atoms with Gasteiger partial charge in [0.15, 0.2) is 6.29 Å². The summed E-state index contributed by atoms with van der Waals surface area (Å²) in [7, 11) is 6.93. The lowest BCUT2D eigenvalue weighted by atomic mass is 9.70. The van der Waals surface area contributed by atoms with E-state index in [0.29, 0.717) is 74.8 Å². The lowest BCUT2D eigenvalue weighted by Gasteiger charge is -2.45. The Kier molecular flexibility index (Phi) is 44.5. The van der Waals surface area contributed by atoms with Crippen LogP contribution < -0.4 is 10.2 Å². The molecule has 1 aromatic carbocycles. The molecule has 2 aliphatic rings. The molecule has 0 saturated carbocycles. The van der Waals surface area contributed by atoms with Gasteiger partial charge in [-0.05, 0) is 134 Å². The van der Waals surface area contributed by atoms with Gasteiger partial charge in [-0.3, -0.25) is 9.59 Å². The minimum absolute atomic E-state index is 0.0128. The van der Waals surface area contributed by atoms with Crippen LogP contribution in [0.15, 0.2) is 48.9 Å². The quantitative estimate of drug-likeness (QED) is 0.0178. The van der Waals surface area contributed by atoms with Crippen LogP contribution in [0.1, 0.15) is 187 Å². The molecule has 2 aliphatic heterocycles. The minimum atomic E-state index is -0.972. The minimum Gasteiger partial charge on any atom is -0.508 e. The Morgan fingerprint density at radius 2 is 1.59 bits per heavy atom. The topological polar surface area (TPSA) is 204 Å². The van der Waals surface area contributed by atoms with Crippen LogP contribution in [0.2, 0.25) is 0 Å². The van der Waals surface area contributed by atoms with Crippen molar-refractivity contribution in [2.75, 3.05) is 59.5 Å². The van der Waals surface area contributed by atoms with Crippen molar-refractivity contribution in [1.29, 1.82) is 5.41 Å². The van der Waals surface area contributed by atoms with Crippen LogP contribution in [0.4, 0.5) is 5.69 Å². The van der Waals surface area contributed by atoms with E-state index in [1.807, 2.05) is 68.5 Å². The van der Waals surface area contributed by atoms with Crippen LogP contribution in [-0.2, 0) is 39.7 Å². The van der Waals surface area contributed by atoms with E-state index in [4.69, 9.17) is 34.2 Å². The van der Waals surface area contributed by atoms with Gasteiger partial charge in [0.05, 0.1) is 49.3 Å². The number of ketones is 1. The molecule has 0 spiro atoms. The molecule has 0 bridgehead atoms. The number of ether oxygens (including phenoxy) is 5. The maximum Gasteiger partial charge on any atom is 0.207 e. The first-order chi connectivity index (χ1) is 37.3. The lowest BCUT2D eigenvalue weighted by Crippen LogP contribution is -2.48. The number of benzene rings is 1. The van der Waals surface area contributed by atoms with Crippen LogP contribution in [0.5, 0.6) is 0 Å². The number of rotatable bonds is 31. The number of nitrogens with zero attached hydrogens (tertiary/aromatic N) is 2. The molecule has 2 heterocycles. The number of carbonyl (C=O) groups excluding carboxylic acids is 2. The highest BCUT2D eigenvalue weighted by atomic mass is 16.7. The third-order valence-corrected chi connectivity index (χ3v) is 15.3. The van der Waals surface area contributed by atoms with Crippen molar-refractivity contribution in [3.63, 3.8) is 0 Å². The van der Waals surface area contributed by atoms with Crippen molar-refractivity contribution in [2.45, 2.75) is 237 Å². The second kappa shape index (κ2) is 44.1. The zero-order chi connectivity index (χ0) is 61.7. The zero-order valence-electron chi connectivity index (χ0n) is 54.0. The molecule has 0 aliphatic carbocycles. The van der Waals surface area contributed by atoms with Gasteiger partial charge in [0.2, 0.25) is 6.41 Å². The summed E-state index contributed by atoms with van der Waals surface area (Å²) >= 11 is 0. The Bertz CT molecular complexity index is 1840. The number of methoxy groups -OCH3 is 1. The second-order valence-electron chi connectivity index (χ2n) is 21.5. The molecule has 79 heavy (non-hydrogen) atoms. The summed E-state index contributed by atoms with van der Waals surface area (Å²) in [6.45, 7) is 46.6. The van der Waals surface area contributed by atoms with Gasteiger partial charge >= 0.3 is 0 Å². The molecule has 462 valence electrons. The molecular formula is C64H120N4O11. The summed E-state index contributed by atoms with van der Waals surface area (Å²) in [5, 5.41) is 49.2. The van der Waals surface area contributed by atoms with Crippen molar-refractivity contribution in [3.05, 3.63) is 60.0 Å². The van der Waals surface area contributed by atoms with E-state index in [9.17, 15) is 24.9 Å². The number of fused-ring (bicyclic) bond motifs is 1. The molecule has 1 saturated heterocycles. The summed E-state index contributed by atoms with van der Waals surface area (Å²) < 4.78 is 30.2. The van der Waals surface area contributed by atoms with Crippen LogP contribution in [0, 0.1) is 34.5 Å². The number of hydrogen-bond acceptors (Lipinski definition) is 14. The standard InChI is InChI=1S/C33H64N2O6.C20H26N2O3.C6H14O.2C2H6.CH4O/c1-13-21(5)39-28(23(7)25(9)36)18-29(41-30-17-26(35(11)12)16-22(6)40-30)33(10,15-3)19-20(4)31(34)24(8)32(38)27(37)14-2;1-4-22-13-19(16(3)24)15(2)18-12-17(7-8-20(18)22)6-5-10-25-11-9-21-14-23;1-5(2)6(3)7-4;3*1-2/h20-24,26-30,32,34,37-38H,13-19H2,1-12H3;7-8,12-14,24H,2-6,9-11H2,1H3,(H,21,23);5-6H,1-4H3;2*1-2H3;2H,1H3/t20-,21-,22?,23?,24+,26?,27?,28+,29-,30?,32-,33?;;6-;;;/m1.1.../s1. The number of nitrogens with one attached hydrogen (secondary N) is 2. The summed E-state index contributed by atoms with van der Waals surface area (Å²) in [5.41, 5.74) is 4.88. The number of anilines is 1. The first kappa shape index (κ1) is 79.7. The monoisotopic (exact) mass is 1120 g/mol.